The molecule has 208 valence electrons. The summed E-state index contributed by atoms with van der Waals surface area (Å²) in [6.45, 7) is 0. The van der Waals surface area contributed by atoms with E-state index in [0.717, 1.165) is 22.9 Å². The number of ether oxygens (including phenoxy) is 5. The third-order valence-corrected chi connectivity index (χ3v) is 6.50. The Labute approximate surface area is 236 Å². The van der Waals surface area contributed by atoms with Crippen LogP contribution in [-0.4, -0.2) is 57.4 Å². The van der Waals surface area contributed by atoms with Gasteiger partial charge in [-0.1, -0.05) is 36.0 Å². The van der Waals surface area contributed by atoms with Gasteiger partial charge in [-0.3, -0.25) is 4.79 Å². The second-order valence-electron chi connectivity index (χ2n) is 8.23. The van der Waals surface area contributed by atoms with Crippen LogP contribution in [0.5, 0.6) is 28.7 Å². The van der Waals surface area contributed by atoms with Gasteiger partial charge in [0.25, 0.3) is 5.22 Å². The average Bonchev–Trinajstić information content (AvgIpc) is 3.47. The van der Waals surface area contributed by atoms with Crippen molar-refractivity contribution in [3.05, 3.63) is 65.7 Å². The zero-order chi connectivity index (χ0) is 28.5. The van der Waals surface area contributed by atoms with Gasteiger partial charge in [0.1, 0.15) is 11.5 Å². The largest absolute Gasteiger partial charge is 0.497 e. The fraction of sp³-hybridized carbons (Fsp3) is 0.207. The number of hydrogen-bond donors (Lipinski definition) is 1. The van der Waals surface area contributed by atoms with E-state index in [4.69, 9.17) is 28.1 Å². The molecule has 0 aliphatic rings. The summed E-state index contributed by atoms with van der Waals surface area (Å²) in [5, 5.41) is 11.2. The van der Waals surface area contributed by atoms with Gasteiger partial charge in [-0.05, 0) is 47.5 Å². The van der Waals surface area contributed by atoms with E-state index in [1.807, 2.05) is 54.6 Å². The molecule has 0 fully saturated rings. The number of anilines is 1. The first-order valence-corrected chi connectivity index (χ1v) is 13.0. The minimum Gasteiger partial charge on any atom is -0.497 e. The van der Waals surface area contributed by atoms with Gasteiger partial charge in [-0.25, -0.2) is 0 Å². The summed E-state index contributed by atoms with van der Waals surface area (Å²) in [5.74, 6) is 2.97. The van der Waals surface area contributed by atoms with Crippen LogP contribution in [0.3, 0.4) is 0 Å². The Hall–Kier alpha value is -4.64. The maximum atomic E-state index is 12.5. The summed E-state index contributed by atoms with van der Waals surface area (Å²) < 4.78 is 32.5. The van der Waals surface area contributed by atoms with Crippen molar-refractivity contribution in [1.82, 2.24) is 10.2 Å². The van der Waals surface area contributed by atoms with Crippen LogP contribution in [0, 0.1) is 0 Å². The number of thioether (sulfide) groups is 1. The molecule has 1 heterocycles. The molecule has 10 nitrogen and oxygen atoms in total. The van der Waals surface area contributed by atoms with Crippen LogP contribution in [0.2, 0.25) is 0 Å². The van der Waals surface area contributed by atoms with Crippen LogP contribution >= 0.6 is 11.8 Å². The van der Waals surface area contributed by atoms with Crippen LogP contribution < -0.4 is 29.0 Å². The Morgan fingerprint density at radius 2 is 1.43 bits per heavy atom. The second-order valence-corrected chi connectivity index (χ2v) is 9.15. The lowest BCUT2D eigenvalue weighted by Crippen LogP contribution is -2.13. The molecule has 1 N–H and O–H groups in total. The number of nitrogens with zero attached hydrogens (tertiary/aromatic N) is 2. The van der Waals surface area contributed by atoms with Crippen molar-refractivity contribution in [3.63, 3.8) is 0 Å². The Morgan fingerprint density at radius 1 is 0.800 bits per heavy atom. The van der Waals surface area contributed by atoms with Gasteiger partial charge in [-0.2, -0.15) is 0 Å². The van der Waals surface area contributed by atoms with Gasteiger partial charge < -0.3 is 33.4 Å². The average molecular weight is 564 g/mol. The fourth-order valence-electron chi connectivity index (χ4n) is 3.71. The lowest BCUT2D eigenvalue weighted by molar-refractivity contribution is -0.113. The molecule has 1 amide bonds. The van der Waals surface area contributed by atoms with Crippen molar-refractivity contribution in [2.75, 3.05) is 46.6 Å². The van der Waals surface area contributed by atoms with Gasteiger partial charge in [0.15, 0.2) is 11.5 Å². The quantitative estimate of drug-likeness (QED) is 0.171. The molecule has 0 atom stereocenters. The second kappa shape index (κ2) is 13.4. The minimum atomic E-state index is -0.204. The van der Waals surface area contributed by atoms with E-state index >= 15 is 0 Å². The first kappa shape index (κ1) is 28.4. The van der Waals surface area contributed by atoms with Crippen molar-refractivity contribution >= 4 is 35.5 Å². The molecular weight excluding hydrogens is 534 g/mol. The summed E-state index contributed by atoms with van der Waals surface area (Å²) in [6, 6.07) is 16.6. The molecule has 4 rings (SSSR count). The van der Waals surface area contributed by atoms with Crippen LogP contribution in [0.4, 0.5) is 5.69 Å². The molecule has 0 aliphatic heterocycles. The maximum absolute atomic E-state index is 12.5. The number of carbonyl (C=O) groups is 1. The van der Waals surface area contributed by atoms with Crippen molar-refractivity contribution < 1.29 is 32.9 Å². The van der Waals surface area contributed by atoms with Gasteiger partial charge in [0.05, 0.1) is 41.3 Å². The van der Waals surface area contributed by atoms with E-state index in [0.29, 0.717) is 40.0 Å². The number of methoxy groups -OCH3 is 5. The summed E-state index contributed by atoms with van der Waals surface area (Å²) in [7, 11) is 7.81. The number of nitrogens with one attached hydrogen (secondary N) is 1. The zero-order valence-electron chi connectivity index (χ0n) is 22.7. The van der Waals surface area contributed by atoms with Crippen LogP contribution in [0.15, 0.2) is 64.2 Å². The number of carbonyl (C=O) groups excluding carboxylic acids is 1. The van der Waals surface area contributed by atoms with Crippen LogP contribution in [0.1, 0.15) is 11.1 Å². The highest BCUT2D eigenvalue weighted by molar-refractivity contribution is 7.99. The molecule has 0 unspecified atom stereocenters. The molecule has 0 saturated carbocycles. The number of amides is 1. The third-order valence-electron chi connectivity index (χ3n) is 5.68. The van der Waals surface area contributed by atoms with E-state index in [1.54, 1.807) is 26.4 Å². The molecule has 11 heteroatoms. The molecule has 3 aromatic carbocycles. The highest BCUT2D eigenvalue weighted by Crippen LogP contribution is 2.41. The molecule has 0 spiro atoms. The summed E-state index contributed by atoms with van der Waals surface area (Å²) in [6.07, 6.45) is 3.93. The SMILES string of the molecule is COc1cc(/C=C/c2ccc(NC(=O)CSc3nnc(-c4cc(OC)c(OC)c(OC)c4)o3)cc2)cc(OC)c1. The Morgan fingerprint density at radius 3 is 2.00 bits per heavy atom. The number of benzene rings is 3. The summed E-state index contributed by atoms with van der Waals surface area (Å²) >= 11 is 1.13. The van der Waals surface area contributed by atoms with Crippen LogP contribution in [-0.2, 0) is 4.79 Å². The predicted molar refractivity (Wildman–Crippen MR) is 154 cm³/mol. The summed E-state index contributed by atoms with van der Waals surface area (Å²) in [5.41, 5.74) is 3.19. The highest BCUT2D eigenvalue weighted by Gasteiger charge is 2.18. The van der Waals surface area contributed by atoms with Gasteiger partial charge in [0, 0.05) is 17.3 Å². The Balaban J connectivity index is 1.33. The van der Waals surface area contributed by atoms with Crippen LogP contribution in [0.25, 0.3) is 23.6 Å². The topological polar surface area (TPSA) is 114 Å². The number of rotatable bonds is 12. The van der Waals surface area contributed by atoms with Crippen molar-refractivity contribution in [2.24, 2.45) is 0 Å². The standard InChI is InChI=1S/C29H29N3O7S/c1-34-22-12-19(13-23(16-22)35-2)7-6-18-8-10-21(11-9-18)30-26(33)17-40-29-32-31-28(39-29)20-14-24(36-3)27(38-5)25(15-20)37-4/h6-16H,17H2,1-5H3,(H,30,33)/b7-6+. The Bertz CT molecular complexity index is 1440. The molecule has 0 radical (unpaired) electrons. The molecule has 0 bridgehead atoms. The monoisotopic (exact) mass is 563 g/mol. The fourth-order valence-corrected chi connectivity index (χ4v) is 4.27. The van der Waals surface area contributed by atoms with Crippen molar-refractivity contribution in [3.8, 4) is 40.2 Å². The molecule has 4 aromatic rings. The lowest BCUT2D eigenvalue weighted by Gasteiger charge is -2.12. The van der Waals surface area contributed by atoms with E-state index in [2.05, 4.69) is 15.5 Å². The van der Waals surface area contributed by atoms with Gasteiger partial charge in [-0.15, -0.1) is 10.2 Å². The van der Waals surface area contributed by atoms with E-state index < -0.39 is 0 Å². The van der Waals surface area contributed by atoms with Gasteiger partial charge in [0.2, 0.25) is 17.5 Å². The third kappa shape index (κ3) is 7.06. The molecule has 1 aromatic heterocycles. The minimum absolute atomic E-state index is 0.0935. The number of aromatic nitrogens is 2. The first-order valence-electron chi connectivity index (χ1n) is 12.0. The van der Waals surface area contributed by atoms with Crippen molar-refractivity contribution in [1.29, 1.82) is 0 Å². The number of hydrogen-bond acceptors (Lipinski definition) is 10. The highest BCUT2D eigenvalue weighted by atomic mass is 32.2. The molecule has 0 aliphatic carbocycles. The summed E-state index contributed by atoms with van der Waals surface area (Å²) in [4.78, 5) is 12.5. The van der Waals surface area contributed by atoms with Gasteiger partial charge >= 0.3 is 0 Å². The maximum Gasteiger partial charge on any atom is 0.277 e. The smallest absolute Gasteiger partial charge is 0.277 e. The molecular formula is C29H29N3O7S. The van der Waals surface area contributed by atoms with E-state index in [9.17, 15) is 4.79 Å². The predicted octanol–water partition coefficient (Wildman–Crippen LogP) is 5.68. The first-order chi connectivity index (χ1) is 19.5. The van der Waals surface area contributed by atoms with E-state index in [-0.39, 0.29) is 22.8 Å². The Kier molecular flexibility index (Phi) is 9.53. The zero-order valence-corrected chi connectivity index (χ0v) is 23.5. The lowest BCUT2D eigenvalue weighted by atomic mass is 10.1. The van der Waals surface area contributed by atoms with Crippen molar-refractivity contribution in [2.45, 2.75) is 5.22 Å². The molecule has 40 heavy (non-hydrogen) atoms. The van der Waals surface area contributed by atoms with E-state index in [1.165, 1.54) is 21.3 Å². The normalized spacial score (nSPS) is 10.8. The molecule has 0 saturated heterocycles.